The molecule has 0 bridgehead atoms. The summed E-state index contributed by atoms with van der Waals surface area (Å²) < 4.78 is 37.9. The highest BCUT2D eigenvalue weighted by molar-refractivity contribution is 7.91. The first kappa shape index (κ1) is 16.6. The van der Waals surface area contributed by atoms with Gasteiger partial charge in [0.2, 0.25) is 0 Å². The van der Waals surface area contributed by atoms with Gasteiger partial charge in [-0.25, -0.2) is 17.6 Å². The Kier molecular flexibility index (Phi) is 5.28. The SMILES string of the molecule is Cc1cc(S(=O)(=O)CCCC(C)C)cc(C(=O)O)c1F. The number of hydrogen-bond acceptors (Lipinski definition) is 3. The fourth-order valence-corrected chi connectivity index (χ4v) is 3.31. The van der Waals surface area contributed by atoms with Gasteiger partial charge in [-0.2, -0.15) is 0 Å². The lowest BCUT2D eigenvalue weighted by atomic mass is 10.1. The van der Waals surface area contributed by atoms with E-state index in [1.165, 1.54) is 13.0 Å². The smallest absolute Gasteiger partial charge is 0.338 e. The Morgan fingerprint density at radius 3 is 2.45 bits per heavy atom. The van der Waals surface area contributed by atoms with Gasteiger partial charge in [0.1, 0.15) is 5.82 Å². The van der Waals surface area contributed by atoms with Crippen LogP contribution in [0, 0.1) is 18.7 Å². The maximum absolute atomic E-state index is 13.6. The molecule has 0 spiro atoms. The Balaban J connectivity index is 3.10. The molecule has 0 aliphatic rings. The van der Waals surface area contributed by atoms with Crippen LogP contribution in [-0.2, 0) is 9.84 Å². The van der Waals surface area contributed by atoms with Crippen molar-refractivity contribution in [2.75, 3.05) is 5.75 Å². The molecule has 0 aliphatic heterocycles. The third-order valence-electron chi connectivity index (χ3n) is 3.01. The molecule has 1 rings (SSSR count). The van der Waals surface area contributed by atoms with Crippen LogP contribution in [0.15, 0.2) is 17.0 Å². The van der Waals surface area contributed by atoms with E-state index in [1.807, 2.05) is 13.8 Å². The fraction of sp³-hybridized carbons (Fsp3) is 0.500. The van der Waals surface area contributed by atoms with E-state index in [4.69, 9.17) is 5.11 Å². The van der Waals surface area contributed by atoms with Gasteiger partial charge in [0.25, 0.3) is 0 Å². The molecule has 0 aliphatic carbocycles. The molecule has 1 aromatic carbocycles. The lowest BCUT2D eigenvalue weighted by Gasteiger charge is -2.09. The molecule has 0 saturated carbocycles. The number of halogens is 1. The van der Waals surface area contributed by atoms with Gasteiger partial charge in [0, 0.05) is 0 Å². The Bertz CT molecular complexity index is 606. The Labute approximate surface area is 118 Å². The minimum atomic E-state index is -3.58. The Morgan fingerprint density at radius 1 is 1.35 bits per heavy atom. The second-order valence-electron chi connectivity index (χ2n) is 5.26. The largest absolute Gasteiger partial charge is 0.478 e. The van der Waals surface area contributed by atoms with Crippen molar-refractivity contribution in [1.82, 2.24) is 0 Å². The first-order valence-corrected chi connectivity index (χ1v) is 8.06. The van der Waals surface area contributed by atoms with Gasteiger partial charge in [-0.05, 0) is 43.4 Å². The van der Waals surface area contributed by atoms with Gasteiger partial charge in [-0.3, -0.25) is 0 Å². The van der Waals surface area contributed by atoms with Gasteiger partial charge in [-0.1, -0.05) is 13.8 Å². The number of sulfone groups is 1. The predicted molar refractivity (Wildman–Crippen MR) is 74.2 cm³/mol. The maximum atomic E-state index is 13.6. The molecule has 6 heteroatoms. The van der Waals surface area contributed by atoms with Gasteiger partial charge in [0.15, 0.2) is 9.84 Å². The molecule has 0 saturated heterocycles. The molecule has 0 fully saturated rings. The molecule has 1 N–H and O–H groups in total. The number of hydrogen-bond donors (Lipinski definition) is 1. The van der Waals surface area contributed by atoms with Crippen molar-refractivity contribution in [1.29, 1.82) is 0 Å². The first-order valence-electron chi connectivity index (χ1n) is 6.41. The van der Waals surface area contributed by atoms with Crippen LogP contribution in [-0.4, -0.2) is 25.2 Å². The lowest BCUT2D eigenvalue weighted by Crippen LogP contribution is -2.11. The average Bonchev–Trinajstić information content (AvgIpc) is 2.31. The highest BCUT2D eigenvalue weighted by Gasteiger charge is 2.21. The number of aryl methyl sites for hydroxylation is 1. The third-order valence-corrected chi connectivity index (χ3v) is 4.79. The second-order valence-corrected chi connectivity index (χ2v) is 7.37. The van der Waals surface area contributed by atoms with Crippen LogP contribution >= 0.6 is 0 Å². The van der Waals surface area contributed by atoms with Crippen LogP contribution in [0.1, 0.15) is 42.6 Å². The molecule has 0 radical (unpaired) electrons. The number of aromatic carboxylic acids is 1. The van der Waals surface area contributed by atoms with Crippen molar-refractivity contribution >= 4 is 15.8 Å². The minimum Gasteiger partial charge on any atom is -0.478 e. The van der Waals surface area contributed by atoms with Crippen molar-refractivity contribution in [2.45, 2.75) is 38.5 Å². The summed E-state index contributed by atoms with van der Waals surface area (Å²) in [6.45, 7) is 5.35. The highest BCUT2D eigenvalue weighted by Crippen LogP contribution is 2.21. The molecule has 0 aromatic heterocycles. The summed E-state index contributed by atoms with van der Waals surface area (Å²) in [5.41, 5.74) is -0.584. The summed E-state index contributed by atoms with van der Waals surface area (Å²) in [6, 6.07) is 2.09. The van der Waals surface area contributed by atoms with Crippen LogP contribution in [0.2, 0.25) is 0 Å². The maximum Gasteiger partial charge on any atom is 0.338 e. The minimum absolute atomic E-state index is 0.0207. The first-order chi connectivity index (χ1) is 9.15. The number of rotatable bonds is 6. The zero-order chi connectivity index (χ0) is 15.5. The molecule has 4 nitrogen and oxygen atoms in total. The highest BCUT2D eigenvalue weighted by atomic mass is 32.2. The van der Waals surface area contributed by atoms with E-state index in [1.54, 1.807) is 0 Å². The van der Waals surface area contributed by atoms with Crippen molar-refractivity contribution in [3.8, 4) is 0 Å². The molecule has 0 heterocycles. The van der Waals surface area contributed by atoms with Crippen LogP contribution in [0.25, 0.3) is 0 Å². The van der Waals surface area contributed by atoms with E-state index in [9.17, 15) is 17.6 Å². The molecule has 1 aromatic rings. The summed E-state index contributed by atoms with van der Waals surface area (Å²) in [6.07, 6.45) is 1.27. The quantitative estimate of drug-likeness (QED) is 0.820. The summed E-state index contributed by atoms with van der Waals surface area (Å²) in [5, 5.41) is 8.89. The Morgan fingerprint density at radius 2 is 1.95 bits per heavy atom. The van der Waals surface area contributed by atoms with E-state index in [2.05, 4.69) is 0 Å². The number of carboxylic acid groups (broad SMARTS) is 1. The monoisotopic (exact) mass is 302 g/mol. The van der Waals surface area contributed by atoms with Crippen molar-refractivity contribution in [3.63, 3.8) is 0 Å². The van der Waals surface area contributed by atoms with Crippen molar-refractivity contribution in [3.05, 3.63) is 29.1 Å². The van der Waals surface area contributed by atoms with E-state index >= 15 is 0 Å². The Hall–Kier alpha value is -1.43. The standard InChI is InChI=1S/C14H19FO4S/c1-9(2)5-4-6-20(18,19)11-7-10(3)13(15)12(8-11)14(16)17/h7-9H,4-6H2,1-3H3,(H,16,17). The van der Waals surface area contributed by atoms with Gasteiger partial charge < -0.3 is 5.11 Å². The van der Waals surface area contributed by atoms with Gasteiger partial charge in [0.05, 0.1) is 16.2 Å². The van der Waals surface area contributed by atoms with Crippen molar-refractivity contribution in [2.24, 2.45) is 5.92 Å². The molecule has 0 atom stereocenters. The average molecular weight is 302 g/mol. The summed E-state index contributed by atoms with van der Waals surface area (Å²) >= 11 is 0. The topological polar surface area (TPSA) is 71.4 Å². The van der Waals surface area contributed by atoms with Crippen LogP contribution in [0.3, 0.4) is 0 Å². The fourth-order valence-electron chi connectivity index (χ4n) is 1.87. The number of carbonyl (C=O) groups is 1. The molecule has 0 unspecified atom stereocenters. The van der Waals surface area contributed by atoms with Crippen LogP contribution in [0.5, 0.6) is 0 Å². The molecule has 0 amide bonds. The van der Waals surface area contributed by atoms with Gasteiger partial charge in [-0.15, -0.1) is 0 Å². The second kappa shape index (κ2) is 6.35. The lowest BCUT2D eigenvalue weighted by molar-refractivity contribution is 0.0691. The normalized spacial score (nSPS) is 11.8. The number of benzene rings is 1. The number of carboxylic acids is 1. The van der Waals surface area contributed by atoms with E-state index in [0.717, 1.165) is 12.5 Å². The summed E-state index contributed by atoms with van der Waals surface area (Å²) in [7, 11) is -3.58. The van der Waals surface area contributed by atoms with E-state index in [-0.39, 0.29) is 16.2 Å². The van der Waals surface area contributed by atoms with Crippen LogP contribution in [0.4, 0.5) is 4.39 Å². The molecular formula is C14H19FO4S. The predicted octanol–water partition coefficient (Wildman–Crippen LogP) is 3.04. The van der Waals surface area contributed by atoms with Crippen LogP contribution < -0.4 is 0 Å². The van der Waals surface area contributed by atoms with E-state index in [0.29, 0.717) is 12.3 Å². The van der Waals surface area contributed by atoms with Crippen molar-refractivity contribution < 1.29 is 22.7 Å². The zero-order valence-electron chi connectivity index (χ0n) is 11.8. The third kappa shape index (κ3) is 4.03. The summed E-state index contributed by atoms with van der Waals surface area (Å²) in [4.78, 5) is 10.8. The zero-order valence-corrected chi connectivity index (χ0v) is 12.6. The summed E-state index contributed by atoms with van der Waals surface area (Å²) in [5.74, 6) is -2.02. The molecular weight excluding hydrogens is 283 g/mol. The molecule has 112 valence electrons. The van der Waals surface area contributed by atoms with E-state index < -0.39 is 27.2 Å². The molecule has 20 heavy (non-hydrogen) atoms. The van der Waals surface area contributed by atoms with Gasteiger partial charge >= 0.3 is 5.97 Å².